The number of anilines is 2. The molecule has 1 rings (SSSR count). The molecule has 0 saturated carbocycles. The first-order valence-corrected chi connectivity index (χ1v) is 5.74. The summed E-state index contributed by atoms with van der Waals surface area (Å²) in [5.74, 6) is 0.245. The first kappa shape index (κ1) is 12.3. The van der Waals surface area contributed by atoms with E-state index in [1.165, 1.54) is 0 Å². The molecule has 0 saturated heterocycles. The molecule has 0 heterocycles. The Labute approximate surface area is 98.8 Å². The van der Waals surface area contributed by atoms with Gasteiger partial charge in [-0.15, -0.1) is 0 Å². The molecule has 0 aliphatic heterocycles. The van der Waals surface area contributed by atoms with Crippen LogP contribution in [0.3, 0.4) is 0 Å². The Bertz CT molecular complexity index is 342. The molecule has 1 atom stereocenters. The van der Waals surface area contributed by atoms with Gasteiger partial charge in [0.2, 0.25) is 0 Å². The highest BCUT2D eigenvalue weighted by Gasteiger charge is 2.05. The van der Waals surface area contributed by atoms with Crippen molar-refractivity contribution in [1.29, 1.82) is 0 Å². The van der Waals surface area contributed by atoms with Crippen molar-refractivity contribution in [3.8, 4) is 0 Å². The van der Waals surface area contributed by atoms with E-state index in [1.807, 2.05) is 26.0 Å². The van der Waals surface area contributed by atoms with Gasteiger partial charge in [0.15, 0.2) is 0 Å². The minimum atomic E-state index is 0.193. The van der Waals surface area contributed by atoms with Gasteiger partial charge in [0, 0.05) is 29.0 Å². The molecule has 4 N–H and O–H groups in total. The molecule has 3 nitrogen and oxygen atoms in total. The third-order valence-electron chi connectivity index (χ3n) is 2.31. The Balaban J connectivity index is 2.73. The number of nitrogens with one attached hydrogen (secondary N) is 1. The van der Waals surface area contributed by atoms with Gasteiger partial charge in [-0.05, 0) is 46.5 Å². The monoisotopic (exact) mass is 272 g/mol. The molecule has 0 aromatic heterocycles. The molecule has 0 aliphatic rings. The summed E-state index contributed by atoms with van der Waals surface area (Å²) in [5, 5.41) is 12.2. The number of hydrogen-bond acceptors (Lipinski definition) is 3. The number of nitrogen functional groups attached to an aromatic ring is 1. The lowest BCUT2D eigenvalue weighted by Gasteiger charge is -2.13. The average Bonchev–Trinajstić information content (AvgIpc) is 2.21. The fraction of sp³-hybridized carbons (Fsp3) is 0.455. The highest BCUT2D eigenvalue weighted by molar-refractivity contribution is 9.10. The van der Waals surface area contributed by atoms with Crippen molar-refractivity contribution >= 4 is 27.3 Å². The minimum Gasteiger partial charge on any atom is -0.398 e. The second-order valence-corrected chi connectivity index (χ2v) is 4.71. The van der Waals surface area contributed by atoms with Crippen molar-refractivity contribution in [3.05, 3.63) is 22.2 Å². The van der Waals surface area contributed by atoms with Crippen LogP contribution in [0.2, 0.25) is 0 Å². The Morgan fingerprint density at radius 3 is 2.80 bits per heavy atom. The molecule has 0 spiro atoms. The van der Waals surface area contributed by atoms with E-state index in [9.17, 15) is 0 Å². The number of aliphatic hydroxyl groups is 1. The maximum absolute atomic E-state index is 8.91. The van der Waals surface area contributed by atoms with Crippen LogP contribution in [-0.2, 0) is 0 Å². The summed E-state index contributed by atoms with van der Waals surface area (Å²) >= 11 is 3.45. The number of benzene rings is 1. The lowest BCUT2D eigenvalue weighted by atomic mass is 10.1. The summed E-state index contributed by atoms with van der Waals surface area (Å²) in [6, 6.07) is 3.89. The molecule has 15 heavy (non-hydrogen) atoms. The summed E-state index contributed by atoms with van der Waals surface area (Å²) in [6.45, 7) is 4.91. The lowest BCUT2D eigenvalue weighted by molar-refractivity contribution is 0.244. The summed E-state index contributed by atoms with van der Waals surface area (Å²) < 4.78 is 0.954. The van der Waals surface area contributed by atoms with Crippen LogP contribution in [-0.4, -0.2) is 18.3 Å². The van der Waals surface area contributed by atoms with E-state index in [4.69, 9.17) is 10.8 Å². The van der Waals surface area contributed by atoms with E-state index in [1.54, 1.807) is 0 Å². The van der Waals surface area contributed by atoms with Crippen LogP contribution < -0.4 is 11.1 Å². The van der Waals surface area contributed by atoms with Crippen molar-refractivity contribution in [2.75, 3.05) is 24.2 Å². The number of hydrogen-bond donors (Lipinski definition) is 3. The standard InChI is InChI=1S/C11H17BrN2O/c1-7(6-15)5-14-11-3-8(2)10(13)4-9(11)12/h3-4,7,14-15H,5-6,13H2,1-2H3. The molecule has 1 unspecified atom stereocenters. The molecule has 0 radical (unpaired) electrons. The first-order chi connectivity index (χ1) is 7.04. The van der Waals surface area contributed by atoms with Crippen LogP contribution in [0.25, 0.3) is 0 Å². The van der Waals surface area contributed by atoms with Crippen LogP contribution >= 0.6 is 15.9 Å². The van der Waals surface area contributed by atoms with E-state index in [0.29, 0.717) is 0 Å². The number of aliphatic hydroxyl groups excluding tert-OH is 1. The van der Waals surface area contributed by atoms with Gasteiger partial charge in [-0.1, -0.05) is 6.92 Å². The second kappa shape index (κ2) is 5.37. The fourth-order valence-electron chi connectivity index (χ4n) is 1.18. The van der Waals surface area contributed by atoms with Gasteiger partial charge in [0.05, 0.1) is 0 Å². The molecule has 0 bridgehead atoms. The van der Waals surface area contributed by atoms with Gasteiger partial charge in [0.1, 0.15) is 0 Å². The van der Waals surface area contributed by atoms with E-state index < -0.39 is 0 Å². The lowest BCUT2D eigenvalue weighted by Crippen LogP contribution is -2.14. The van der Waals surface area contributed by atoms with Gasteiger partial charge in [-0.25, -0.2) is 0 Å². The first-order valence-electron chi connectivity index (χ1n) is 4.95. The van der Waals surface area contributed by atoms with Gasteiger partial charge >= 0.3 is 0 Å². The Hall–Kier alpha value is -0.740. The molecule has 1 aromatic rings. The third kappa shape index (κ3) is 3.39. The SMILES string of the molecule is Cc1cc(NCC(C)CO)c(Br)cc1N. The van der Waals surface area contributed by atoms with E-state index >= 15 is 0 Å². The average molecular weight is 273 g/mol. The fourth-order valence-corrected chi connectivity index (χ4v) is 1.68. The van der Waals surface area contributed by atoms with Crippen LogP contribution in [0, 0.1) is 12.8 Å². The molecule has 84 valence electrons. The quantitative estimate of drug-likeness (QED) is 0.738. The van der Waals surface area contributed by atoms with Crippen molar-refractivity contribution in [3.63, 3.8) is 0 Å². The minimum absolute atomic E-state index is 0.193. The number of rotatable bonds is 4. The smallest absolute Gasteiger partial charge is 0.0488 e. The largest absolute Gasteiger partial charge is 0.398 e. The number of aryl methyl sites for hydroxylation is 1. The van der Waals surface area contributed by atoms with E-state index in [2.05, 4.69) is 21.2 Å². The Kier molecular flexibility index (Phi) is 4.42. The van der Waals surface area contributed by atoms with Gasteiger partial charge in [-0.3, -0.25) is 0 Å². The zero-order valence-corrected chi connectivity index (χ0v) is 10.6. The number of halogens is 1. The van der Waals surface area contributed by atoms with Crippen molar-refractivity contribution in [1.82, 2.24) is 0 Å². The van der Waals surface area contributed by atoms with Crippen molar-refractivity contribution in [2.45, 2.75) is 13.8 Å². The maximum atomic E-state index is 8.91. The normalized spacial score (nSPS) is 12.5. The van der Waals surface area contributed by atoms with Gasteiger partial charge in [-0.2, -0.15) is 0 Å². The molecule has 4 heteroatoms. The molecule has 1 aromatic carbocycles. The third-order valence-corrected chi connectivity index (χ3v) is 2.96. The summed E-state index contributed by atoms with van der Waals surface area (Å²) in [4.78, 5) is 0. The van der Waals surface area contributed by atoms with Crippen molar-refractivity contribution < 1.29 is 5.11 Å². The van der Waals surface area contributed by atoms with E-state index in [-0.39, 0.29) is 12.5 Å². The van der Waals surface area contributed by atoms with Crippen LogP contribution in [0.15, 0.2) is 16.6 Å². The zero-order chi connectivity index (χ0) is 11.4. The van der Waals surface area contributed by atoms with Crippen molar-refractivity contribution in [2.24, 2.45) is 5.92 Å². The zero-order valence-electron chi connectivity index (χ0n) is 9.05. The van der Waals surface area contributed by atoms with Crippen LogP contribution in [0.5, 0.6) is 0 Å². The summed E-state index contributed by atoms with van der Waals surface area (Å²) in [7, 11) is 0. The predicted molar refractivity (Wildman–Crippen MR) is 68.0 cm³/mol. The number of nitrogens with two attached hydrogens (primary N) is 1. The molecule has 0 fully saturated rings. The second-order valence-electron chi connectivity index (χ2n) is 3.86. The molecule has 0 aliphatic carbocycles. The highest BCUT2D eigenvalue weighted by atomic mass is 79.9. The predicted octanol–water partition coefficient (Wildman–Crippen LogP) is 2.38. The van der Waals surface area contributed by atoms with Gasteiger partial charge < -0.3 is 16.2 Å². The molecule has 0 amide bonds. The van der Waals surface area contributed by atoms with E-state index in [0.717, 1.165) is 28.0 Å². The Morgan fingerprint density at radius 2 is 2.20 bits per heavy atom. The summed E-state index contributed by atoms with van der Waals surface area (Å²) in [6.07, 6.45) is 0. The van der Waals surface area contributed by atoms with Crippen LogP contribution in [0.4, 0.5) is 11.4 Å². The topological polar surface area (TPSA) is 58.3 Å². The van der Waals surface area contributed by atoms with Crippen LogP contribution in [0.1, 0.15) is 12.5 Å². The maximum Gasteiger partial charge on any atom is 0.0488 e. The highest BCUT2D eigenvalue weighted by Crippen LogP contribution is 2.27. The molecular weight excluding hydrogens is 256 g/mol. The Morgan fingerprint density at radius 1 is 1.53 bits per heavy atom. The van der Waals surface area contributed by atoms with Gasteiger partial charge in [0.25, 0.3) is 0 Å². The summed E-state index contributed by atoms with van der Waals surface area (Å²) in [5.41, 5.74) is 8.62. The molecular formula is C11H17BrN2O.